The summed E-state index contributed by atoms with van der Waals surface area (Å²) in [5, 5.41) is 0. The van der Waals surface area contributed by atoms with Crippen LogP contribution in [-0.4, -0.2) is 8.42 Å². The quantitative estimate of drug-likeness (QED) is 0.425. The number of sulfonamides is 1. The van der Waals surface area contributed by atoms with Crippen LogP contribution in [0, 0.1) is 0 Å². The standard InChI is InChI=1S/C6H8N2O2S.Cu/c7-8-11(9,10)6-4-2-1-3-5-6;/h1-5,8H,7H2;. The first-order valence-corrected chi connectivity index (χ1v) is 4.42. The second kappa shape index (κ2) is 4.59. The van der Waals surface area contributed by atoms with E-state index in [1.54, 1.807) is 23.0 Å². The predicted molar refractivity (Wildman–Crippen MR) is 41.0 cm³/mol. The average Bonchev–Trinajstić information content (AvgIpc) is 2.06. The van der Waals surface area contributed by atoms with Gasteiger partial charge in [0.2, 0.25) is 0 Å². The average molecular weight is 236 g/mol. The molecule has 0 aliphatic heterocycles. The third-order valence-electron chi connectivity index (χ3n) is 1.21. The zero-order chi connectivity index (χ0) is 8.32. The molecule has 0 bridgehead atoms. The molecular formula is C6H8CuN2O2S. The zero-order valence-corrected chi connectivity index (χ0v) is 7.75. The second-order valence-corrected chi connectivity index (χ2v) is 3.65. The first-order valence-electron chi connectivity index (χ1n) is 2.94. The maximum atomic E-state index is 11.0. The Labute approximate surface area is 81.6 Å². The minimum Gasteiger partial charge on any atom is -0.257 e. The van der Waals surface area contributed by atoms with E-state index in [2.05, 4.69) is 0 Å². The van der Waals surface area contributed by atoms with Crippen LogP contribution in [0.1, 0.15) is 0 Å². The smallest absolute Gasteiger partial charge is 0.253 e. The molecule has 0 aliphatic rings. The summed E-state index contributed by atoms with van der Waals surface area (Å²) >= 11 is 0. The summed E-state index contributed by atoms with van der Waals surface area (Å²) in [6.45, 7) is 0. The Hall–Kier alpha value is -0.391. The van der Waals surface area contributed by atoms with Crippen LogP contribution in [0.15, 0.2) is 35.2 Å². The molecule has 4 nitrogen and oxygen atoms in total. The van der Waals surface area contributed by atoms with E-state index in [9.17, 15) is 8.42 Å². The fourth-order valence-corrected chi connectivity index (χ4v) is 1.32. The van der Waals surface area contributed by atoms with Crippen molar-refractivity contribution >= 4 is 10.0 Å². The monoisotopic (exact) mass is 235 g/mol. The number of rotatable bonds is 2. The third kappa shape index (κ3) is 2.58. The Balaban J connectivity index is 0.00000121. The van der Waals surface area contributed by atoms with Gasteiger partial charge in [-0.1, -0.05) is 18.2 Å². The van der Waals surface area contributed by atoms with Crippen LogP contribution in [0.3, 0.4) is 0 Å². The van der Waals surface area contributed by atoms with E-state index in [1.165, 1.54) is 12.1 Å². The molecule has 0 amide bonds. The van der Waals surface area contributed by atoms with Gasteiger partial charge in [-0.3, -0.25) is 5.84 Å². The van der Waals surface area contributed by atoms with Crippen LogP contribution in [0.5, 0.6) is 0 Å². The fourth-order valence-electron chi connectivity index (χ4n) is 0.668. The van der Waals surface area contributed by atoms with Crippen molar-refractivity contribution < 1.29 is 25.5 Å². The van der Waals surface area contributed by atoms with Crippen molar-refractivity contribution in [1.29, 1.82) is 0 Å². The molecule has 1 radical (unpaired) electrons. The van der Waals surface area contributed by atoms with E-state index in [0.717, 1.165) is 0 Å². The molecule has 12 heavy (non-hydrogen) atoms. The zero-order valence-electron chi connectivity index (χ0n) is 5.99. The molecule has 0 saturated carbocycles. The van der Waals surface area contributed by atoms with Gasteiger partial charge in [-0.15, -0.1) is 0 Å². The molecule has 0 heterocycles. The molecule has 0 saturated heterocycles. The fraction of sp³-hybridized carbons (Fsp3) is 0. The Bertz CT molecular complexity index is 325. The summed E-state index contributed by atoms with van der Waals surface area (Å²) in [6, 6.07) is 7.92. The first kappa shape index (κ1) is 11.6. The van der Waals surface area contributed by atoms with Crippen LogP contribution in [-0.2, 0) is 27.1 Å². The number of nitrogens with two attached hydrogens (primary N) is 1. The largest absolute Gasteiger partial charge is 0.257 e. The molecule has 1 rings (SSSR count). The van der Waals surface area contributed by atoms with E-state index < -0.39 is 10.0 Å². The first-order chi connectivity index (χ1) is 5.17. The van der Waals surface area contributed by atoms with Crippen molar-refractivity contribution in [2.75, 3.05) is 0 Å². The second-order valence-electron chi connectivity index (χ2n) is 1.93. The molecule has 0 atom stereocenters. The van der Waals surface area contributed by atoms with Gasteiger partial charge in [-0.05, 0) is 12.1 Å². The van der Waals surface area contributed by atoms with E-state index in [1.807, 2.05) is 0 Å². The summed E-state index contributed by atoms with van der Waals surface area (Å²) in [7, 11) is -3.47. The van der Waals surface area contributed by atoms with E-state index in [-0.39, 0.29) is 22.0 Å². The van der Waals surface area contributed by atoms with E-state index in [0.29, 0.717) is 0 Å². The summed E-state index contributed by atoms with van der Waals surface area (Å²) in [5.74, 6) is 4.80. The van der Waals surface area contributed by atoms with E-state index >= 15 is 0 Å². The summed E-state index contributed by atoms with van der Waals surface area (Å²) in [4.78, 5) is 1.90. The molecule has 0 fully saturated rings. The molecule has 1 aromatic carbocycles. The van der Waals surface area contributed by atoms with Gasteiger partial charge < -0.3 is 0 Å². The predicted octanol–water partition coefficient (Wildman–Crippen LogP) is -0.164. The molecule has 6 heteroatoms. The topological polar surface area (TPSA) is 72.2 Å². The number of nitrogens with one attached hydrogen (secondary N) is 1. The van der Waals surface area contributed by atoms with Crippen LogP contribution < -0.4 is 10.7 Å². The molecule has 1 aromatic rings. The molecule has 71 valence electrons. The Kier molecular flexibility index (Phi) is 4.44. The molecule has 0 unspecified atom stereocenters. The summed E-state index contributed by atoms with van der Waals surface area (Å²) in [5.41, 5.74) is 0. The van der Waals surface area contributed by atoms with Gasteiger partial charge in [0.15, 0.2) is 0 Å². The normalized spacial score (nSPS) is 10.4. The summed E-state index contributed by atoms with van der Waals surface area (Å²) in [6.07, 6.45) is 0. The maximum absolute atomic E-state index is 11.0. The van der Waals surface area contributed by atoms with Gasteiger partial charge in [-0.25, -0.2) is 8.42 Å². The molecule has 0 aliphatic carbocycles. The van der Waals surface area contributed by atoms with Crippen molar-refractivity contribution in [3.8, 4) is 0 Å². The molecular weight excluding hydrogens is 228 g/mol. The maximum Gasteiger partial charge on any atom is 0.253 e. The number of hydrogen-bond donors (Lipinski definition) is 2. The van der Waals surface area contributed by atoms with Gasteiger partial charge >= 0.3 is 0 Å². The molecule has 0 aromatic heterocycles. The number of benzene rings is 1. The Morgan fingerprint density at radius 1 is 1.17 bits per heavy atom. The van der Waals surface area contributed by atoms with Crippen molar-refractivity contribution in [3.05, 3.63) is 30.3 Å². The van der Waals surface area contributed by atoms with Gasteiger partial charge in [0.25, 0.3) is 10.0 Å². The van der Waals surface area contributed by atoms with Crippen molar-refractivity contribution in [2.24, 2.45) is 5.84 Å². The van der Waals surface area contributed by atoms with Crippen LogP contribution >= 0.6 is 0 Å². The molecule has 3 N–H and O–H groups in total. The third-order valence-corrected chi connectivity index (χ3v) is 2.41. The van der Waals surface area contributed by atoms with Gasteiger partial charge in [0.05, 0.1) is 4.90 Å². The minimum atomic E-state index is -3.47. The Morgan fingerprint density at radius 2 is 1.67 bits per heavy atom. The van der Waals surface area contributed by atoms with Gasteiger partial charge in [0.1, 0.15) is 0 Å². The Morgan fingerprint density at radius 3 is 2.08 bits per heavy atom. The van der Waals surface area contributed by atoms with Gasteiger partial charge in [-0.2, -0.15) is 4.83 Å². The van der Waals surface area contributed by atoms with Crippen molar-refractivity contribution in [1.82, 2.24) is 4.83 Å². The van der Waals surface area contributed by atoms with Gasteiger partial charge in [0, 0.05) is 17.1 Å². The molecule has 0 spiro atoms. The SMILES string of the molecule is NNS(=O)(=O)c1ccccc1.[Cu]. The summed E-state index contributed by atoms with van der Waals surface area (Å²) < 4.78 is 21.9. The van der Waals surface area contributed by atoms with E-state index in [4.69, 9.17) is 5.84 Å². The van der Waals surface area contributed by atoms with Crippen LogP contribution in [0.2, 0.25) is 0 Å². The minimum absolute atomic E-state index is 0. The van der Waals surface area contributed by atoms with Crippen molar-refractivity contribution in [2.45, 2.75) is 4.90 Å². The number of hydrogen-bond acceptors (Lipinski definition) is 3. The van der Waals surface area contributed by atoms with Crippen molar-refractivity contribution in [3.63, 3.8) is 0 Å². The number of hydrazine groups is 1. The van der Waals surface area contributed by atoms with Crippen LogP contribution in [0.4, 0.5) is 0 Å². The van der Waals surface area contributed by atoms with Crippen LogP contribution in [0.25, 0.3) is 0 Å².